The highest BCUT2D eigenvalue weighted by atomic mass is 16.5. The van der Waals surface area contributed by atoms with Crippen LogP contribution >= 0.6 is 0 Å². The van der Waals surface area contributed by atoms with E-state index in [1.165, 1.54) is 66.9 Å². The second-order valence-corrected chi connectivity index (χ2v) is 23.7. The van der Waals surface area contributed by atoms with Crippen molar-refractivity contribution in [3.8, 4) is 11.5 Å². The number of nitrogens with one attached hydrogen (secondary N) is 3. The predicted octanol–water partition coefficient (Wildman–Crippen LogP) is 7.27. The highest BCUT2D eigenvalue weighted by Gasteiger charge is 2.43. The van der Waals surface area contributed by atoms with Gasteiger partial charge in [-0.1, -0.05) is 106 Å². The van der Waals surface area contributed by atoms with Gasteiger partial charge in [-0.25, -0.2) is 9.59 Å². The van der Waals surface area contributed by atoms with E-state index in [1.807, 2.05) is 51.1 Å². The molecular weight excluding hydrogens is 1140 g/mol. The molecule has 7 amide bonds. The summed E-state index contributed by atoms with van der Waals surface area (Å²) in [6.45, 7) is 8.11. The van der Waals surface area contributed by atoms with Crippen LogP contribution in [0.25, 0.3) is 0 Å². The van der Waals surface area contributed by atoms with Crippen molar-refractivity contribution in [1.82, 2.24) is 30.2 Å². The topological polar surface area (TPSA) is 257 Å². The van der Waals surface area contributed by atoms with Gasteiger partial charge in [0.15, 0.2) is 11.5 Å². The number of likely N-dealkylation sites (N-methyl/N-ethyl adjacent to an activating group) is 2. The minimum absolute atomic E-state index is 0.0246. The normalized spacial score (nSPS) is 21.5. The number of hydrogen-bond donors (Lipinski definition) is 3. The van der Waals surface area contributed by atoms with Gasteiger partial charge in [-0.3, -0.25) is 38.4 Å². The molecule has 2 heterocycles. The number of piperidine rings is 1. The monoisotopic (exact) mass is 1230 g/mol. The van der Waals surface area contributed by atoms with Gasteiger partial charge in [0.2, 0.25) is 41.2 Å². The van der Waals surface area contributed by atoms with Crippen LogP contribution in [-0.2, 0) is 70.3 Å². The molecule has 89 heavy (non-hydrogen) atoms. The maximum atomic E-state index is 14.9. The van der Waals surface area contributed by atoms with Crippen LogP contribution in [0.4, 0.5) is 5.69 Å². The lowest BCUT2D eigenvalue weighted by atomic mass is 9.87. The molecule has 4 aromatic carbocycles. The number of hydrogen-bond acceptors (Lipinski definition) is 14. The third-order valence-corrected chi connectivity index (χ3v) is 15.8. The minimum atomic E-state index is -1.51. The van der Waals surface area contributed by atoms with Gasteiger partial charge in [0.25, 0.3) is 5.91 Å². The molecule has 5 atom stereocenters. The van der Waals surface area contributed by atoms with Crippen LogP contribution in [0.2, 0.25) is 0 Å². The number of ketones is 1. The van der Waals surface area contributed by atoms with Gasteiger partial charge in [0, 0.05) is 64.8 Å². The zero-order valence-electron chi connectivity index (χ0n) is 52.8. The number of ether oxygens (including phenoxy) is 4. The van der Waals surface area contributed by atoms with Crippen molar-refractivity contribution < 1.29 is 66.9 Å². The number of Topliss-reactive ketones (excluding diaryl/α,β-unsaturated/α-hetero) is 1. The van der Waals surface area contributed by atoms with Gasteiger partial charge in [0.05, 0.1) is 26.2 Å². The fourth-order valence-corrected chi connectivity index (χ4v) is 10.7. The second-order valence-electron chi connectivity index (χ2n) is 23.7. The maximum Gasteiger partial charge on any atom is 0.330 e. The van der Waals surface area contributed by atoms with Gasteiger partial charge < -0.3 is 54.5 Å². The lowest BCUT2D eigenvalue weighted by Crippen LogP contribution is -2.56. The molecule has 2 aliphatic rings. The Hall–Kier alpha value is -8.88. The zero-order valence-corrected chi connectivity index (χ0v) is 52.8. The van der Waals surface area contributed by atoms with Gasteiger partial charge in [-0.05, 0) is 118 Å². The van der Waals surface area contributed by atoms with E-state index in [1.54, 1.807) is 79.8 Å². The number of carbonyl (C=O) groups is 10. The second kappa shape index (κ2) is 33.5. The van der Waals surface area contributed by atoms with Crippen LogP contribution in [0.3, 0.4) is 0 Å². The van der Waals surface area contributed by atoms with E-state index in [0.717, 1.165) is 5.56 Å². The van der Waals surface area contributed by atoms with Crippen molar-refractivity contribution in [3.05, 3.63) is 138 Å². The van der Waals surface area contributed by atoms with Crippen molar-refractivity contribution in [2.45, 2.75) is 136 Å². The number of esters is 2. The number of rotatable bonds is 12. The number of anilines is 1. The third kappa shape index (κ3) is 20.1. The van der Waals surface area contributed by atoms with Gasteiger partial charge in [-0.15, -0.1) is 0 Å². The van der Waals surface area contributed by atoms with Crippen LogP contribution in [-0.4, -0.2) is 158 Å². The highest BCUT2D eigenvalue weighted by molar-refractivity contribution is 6.38. The fraction of sp³-hybridized carbons (Fsp3) is 0.471. The first kappa shape index (κ1) is 69.2. The molecule has 0 aromatic heterocycles. The van der Waals surface area contributed by atoms with Crippen molar-refractivity contribution in [2.75, 3.05) is 66.4 Å². The summed E-state index contributed by atoms with van der Waals surface area (Å²) in [6.07, 6.45) is 3.92. The fourth-order valence-electron chi connectivity index (χ4n) is 10.7. The Morgan fingerprint density at radius 2 is 1.42 bits per heavy atom. The van der Waals surface area contributed by atoms with E-state index >= 15 is 0 Å². The summed E-state index contributed by atoms with van der Waals surface area (Å²) in [6, 6.07) is 25.0. The Kier molecular flexibility index (Phi) is 26.0. The average Bonchev–Trinajstić information content (AvgIpc) is 2.42. The number of cyclic esters (lactones) is 2. The van der Waals surface area contributed by atoms with Gasteiger partial charge in [0.1, 0.15) is 36.9 Å². The minimum Gasteiger partial charge on any atom is -0.493 e. The lowest BCUT2D eigenvalue weighted by Gasteiger charge is -2.36. The third-order valence-electron chi connectivity index (χ3n) is 15.8. The molecule has 0 saturated carbocycles. The van der Waals surface area contributed by atoms with Crippen molar-refractivity contribution in [3.63, 3.8) is 0 Å². The Morgan fingerprint density at radius 3 is 2.10 bits per heavy atom. The number of benzene rings is 4. The molecule has 3 N–H and O–H groups in total. The zero-order chi connectivity index (χ0) is 64.8. The number of methoxy groups -OCH3 is 2. The Morgan fingerprint density at radius 1 is 0.730 bits per heavy atom. The summed E-state index contributed by atoms with van der Waals surface area (Å²) >= 11 is 0. The summed E-state index contributed by atoms with van der Waals surface area (Å²) in [4.78, 5) is 147. The molecule has 2 bridgehead atoms. The summed E-state index contributed by atoms with van der Waals surface area (Å²) in [5.74, 6) is -5.74. The van der Waals surface area contributed by atoms with E-state index in [0.29, 0.717) is 59.6 Å². The first-order chi connectivity index (χ1) is 42.5. The smallest absolute Gasteiger partial charge is 0.330 e. The molecule has 21 nitrogen and oxygen atoms in total. The number of nitrogens with zero attached hydrogens (tertiary/aromatic N) is 4. The lowest BCUT2D eigenvalue weighted by molar-refractivity contribution is -0.165. The van der Waals surface area contributed by atoms with Crippen LogP contribution in [0, 0.1) is 11.3 Å². The molecule has 1 fully saturated rings. The van der Waals surface area contributed by atoms with E-state index in [-0.39, 0.29) is 76.4 Å². The standard InChI is InChI=1S/C68H87N7O14/c1-10-36-74-43-59(78)73(7)53(39-45(2)3)65(83)72(6)37-19-18-29-60(79)88-44-68(4,5)62(80)66(84)75-38-20-17-28-52(75)67(85)89-54(32-30-47-31-33-55(86-8)56(41-47)87-9)49-26-21-27-50(42-49)69-57(76)34-35-58(77)71-61(48-24-15-12-16-25-48)63(81)70-51(64(74)82)40-46-22-13-11-14-23-46/h11-16,18,21-27,29,31,33,41-42,45,51-54,61H,10,17,19-20,28,30,32,34-40,43-44H2,1-9H3,(H,69,76)(H,70,81)(H,71,77)/t51-,52-,53-,54+,61-/m0/s1. The Balaban J connectivity index is 1.33. The average molecular weight is 1230 g/mol. The van der Waals surface area contributed by atoms with Crippen LogP contribution in [0.15, 0.2) is 115 Å². The molecule has 0 radical (unpaired) electrons. The van der Waals surface area contributed by atoms with E-state index in [9.17, 15) is 47.9 Å². The summed E-state index contributed by atoms with van der Waals surface area (Å²) in [5, 5.41) is 8.52. The number of amides is 7. The first-order valence-corrected chi connectivity index (χ1v) is 30.5. The highest BCUT2D eigenvalue weighted by Crippen LogP contribution is 2.33. The molecule has 0 unspecified atom stereocenters. The Bertz CT molecular complexity index is 3150. The Labute approximate surface area is 522 Å². The van der Waals surface area contributed by atoms with Gasteiger partial charge in [-0.2, -0.15) is 0 Å². The molecule has 0 aliphatic carbocycles. The molecule has 1 saturated heterocycles. The van der Waals surface area contributed by atoms with Crippen molar-refractivity contribution in [1.29, 1.82) is 0 Å². The van der Waals surface area contributed by atoms with Gasteiger partial charge >= 0.3 is 11.9 Å². The van der Waals surface area contributed by atoms with E-state index in [4.69, 9.17) is 18.9 Å². The quantitative estimate of drug-likeness (QED) is 0.0931. The molecule has 21 heteroatoms. The summed E-state index contributed by atoms with van der Waals surface area (Å²) in [5.41, 5.74) is 1.23. The molecular formula is C68H87N7O14. The largest absolute Gasteiger partial charge is 0.493 e. The molecule has 0 spiro atoms. The molecule has 4 aromatic rings. The van der Waals surface area contributed by atoms with E-state index in [2.05, 4.69) is 16.0 Å². The van der Waals surface area contributed by atoms with E-state index < -0.39 is 102 Å². The molecule has 2 aliphatic heterocycles. The summed E-state index contributed by atoms with van der Waals surface area (Å²) < 4.78 is 22.8. The SMILES string of the molecule is CCCN1CC(=O)N(C)[C@@H](CC(C)C)C(=O)N(C)CCC=CC(=O)OCC(C)(C)C(=O)C(=O)N2CCCC[C@H]2C(=O)O[C@H](CCc2ccc(OC)c(OC)c2)c2cccc(c2)NC(=O)CCC(=O)N[C@@H](c2ccccc2)C(=O)N[C@@H](Cc2ccccc2)C1=O. The summed E-state index contributed by atoms with van der Waals surface area (Å²) in [7, 11) is 6.14. The number of fused-ring (bicyclic) bond motifs is 3. The molecule has 478 valence electrons. The first-order valence-electron chi connectivity index (χ1n) is 30.5. The maximum absolute atomic E-state index is 14.9. The van der Waals surface area contributed by atoms with Crippen molar-refractivity contribution in [2.24, 2.45) is 11.3 Å². The van der Waals surface area contributed by atoms with Crippen LogP contribution in [0.5, 0.6) is 11.5 Å². The number of carbonyl (C=O) groups excluding carboxylic acids is 10. The predicted molar refractivity (Wildman–Crippen MR) is 334 cm³/mol. The van der Waals surface area contributed by atoms with Crippen LogP contribution in [0.1, 0.15) is 127 Å². The van der Waals surface area contributed by atoms with Crippen molar-refractivity contribution >= 4 is 64.8 Å². The van der Waals surface area contributed by atoms with Crippen LogP contribution < -0.4 is 25.4 Å². The number of aryl methyl sites for hydroxylation is 1. The molecule has 6 rings (SSSR count).